The van der Waals surface area contributed by atoms with Crippen molar-refractivity contribution in [1.82, 2.24) is 15.7 Å². The van der Waals surface area contributed by atoms with E-state index >= 15 is 0 Å². The topological polar surface area (TPSA) is 172 Å². The Hall–Kier alpha value is -6.21. The van der Waals surface area contributed by atoms with E-state index in [0.717, 1.165) is 29.0 Å². The van der Waals surface area contributed by atoms with Crippen molar-refractivity contribution in [3.8, 4) is 22.8 Å². The molecule has 0 aliphatic carbocycles. The molecular formula is C48H56N3O11P. The molecule has 3 amide bonds. The third kappa shape index (κ3) is 13.4. The number of hydroxylamine groups is 2. The maximum atomic E-state index is 14.7. The van der Waals surface area contributed by atoms with E-state index in [-0.39, 0.29) is 42.3 Å². The van der Waals surface area contributed by atoms with Crippen molar-refractivity contribution in [2.45, 2.75) is 79.1 Å². The van der Waals surface area contributed by atoms with Crippen LogP contribution in [0.25, 0.3) is 11.3 Å². The van der Waals surface area contributed by atoms with Gasteiger partial charge in [0, 0.05) is 5.56 Å². The Morgan fingerprint density at radius 2 is 1.49 bits per heavy atom. The molecule has 0 radical (unpaired) electrons. The van der Waals surface area contributed by atoms with Crippen molar-refractivity contribution in [1.29, 1.82) is 0 Å². The van der Waals surface area contributed by atoms with Crippen molar-refractivity contribution in [2.75, 3.05) is 20.4 Å². The molecule has 334 valence electrons. The van der Waals surface area contributed by atoms with Crippen molar-refractivity contribution in [2.24, 2.45) is 5.92 Å². The zero-order valence-electron chi connectivity index (χ0n) is 36.4. The molecule has 0 fully saturated rings. The van der Waals surface area contributed by atoms with E-state index in [1.807, 2.05) is 74.5 Å². The second-order valence-electron chi connectivity index (χ2n) is 14.7. The SMILES string of the molecule is CCCCCC(C(=O)NCNC(=O)c1ccc(-c2cc(OCC)cc(P(=O)(OCc3ccccc3)OCc3ccccc3)c2)o1)[C@@H](CC)N(C=O)OC(=O)c1ccc(OC)cc1C. The van der Waals surface area contributed by atoms with Gasteiger partial charge >= 0.3 is 13.6 Å². The van der Waals surface area contributed by atoms with E-state index < -0.39 is 37.3 Å². The molecule has 0 aliphatic rings. The molecule has 0 spiro atoms. The van der Waals surface area contributed by atoms with Crippen molar-refractivity contribution >= 4 is 37.1 Å². The van der Waals surface area contributed by atoms with Crippen LogP contribution < -0.4 is 25.4 Å². The minimum atomic E-state index is -3.99. The van der Waals surface area contributed by atoms with Crippen molar-refractivity contribution in [3.05, 3.63) is 137 Å². The summed E-state index contributed by atoms with van der Waals surface area (Å²) in [6.45, 7) is 7.49. The number of furan rings is 1. The second kappa shape index (κ2) is 23.9. The Bertz CT molecular complexity index is 2270. The highest BCUT2D eigenvalue weighted by atomic mass is 31.2. The largest absolute Gasteiger partial charge is 0.497 e. The van der Waals surface area contributed by atoms with Crippen molar-refractivity contribution < 1.29 is 51.5 Å². The molecule has 0 saturated heterocycles. The molecule has 4 aromatic carbocycles. The monoisotopic (exact) mass is 881 g/mol. The highest BCUT2D eigenvalue weighted by Gasteiger charge is 2.34. The molecule has 0 bridgehead atoms. The first-order chi connectivity index (χ1) is 30.5. The molecule has 2 N–H and O–H groups in total. The fourth-order valence-electron chi connectivity index (χ4n) is 6.89. The molecule has 0 aliphatic heterocycles. The van der Waals surface area contributed by atoms with Crippen LogP contribution in [0.3, 0.4) is 0 Å². The maximum absolute atomic E-state index is 14.7. The van der Waals surface area contributed by atoms with Gasteiger partial charge in [-0.15, -0.1) is 0 Å². The van der Waals surface area contributed by atoms with Gasteiger partial charge in [0.15, 0.2) is 5.76 Å². The van der Waals surface area contributed by atoms with Gasteiger partial charge in [-0.2, -0.15) is 5.06 Å². The highest BCUT2D eigenvalue weighted by Crippen LogP contribution is 2.50. The Balaban J connectivity index is 1.29. The number of ether oxygens (including phenoxy) is 2. The predicted molar refractivity (Wildman–Crippen MR) is 238 cm³/mol. The Morgan fingerprint density at radius 1 is 0.810 bits per heavy atom. The number of nitrogens with one attached hydrogen (secondary N) is 2. The number of nitrogens with zero attached hydrogens (tertiary/aromatic N) is 1. The average Bonchev–Trinajstić information content (AvgIpc) is 3.81. The second-order valence-corrected chi connectivity index (χ2v) is 16.7. The van der Waals surface area contributed by atoms with Gasteiger partial charge in [-0.3, -0.25) is 18.9 Å². The maximum Gasteiger partial charge on any atom is 0.363 e. The van der Waals surface area contributed by atoms with Crippen LogP contribution in [0.1, 0.15) is 90.5 Å². The minimum Gasteiger partial charge on any atom is -0.497 e. The first-order valence-electron chi connectivity index (χ1n) is 21.0. The number of hydrogen-bond donors (Lipinski definition) is 2. The standard InChI is InChI=1S/C48H56N3O11P/c1-6-9-12-21-42(43(7-2)51(33-52)62-48(55)41-23-22-38(57-5)26-34(41)4)46(53)49-32-50-47(54)45-25-24-44(61-45)37-27-39(58-8-3)29-40(28-37)63(56,59-30-35-17-13-10-14-18-35)60-31-36-19-15-11-16-20-36/h10-11,13-20,22-29,33,42-43H,6-9,12,21,30-32H2,1-5H3,(H,49,53)(H,50,54)/t42?,43-/m1/s1. The average molecular weight is 882 g/mol. The van der Waals surface area contributed by atoms with E-state index in [0.29, 0.717) is 54.9 Å². The number of unbranched alkanes of at least 4 members (excludes halogenated alkanes) is 2. The number of aryl methyl sites for hydroxylation is 1. The van der Waals surface area contributed by atoms with Crippen LogP contribution in [0.5, 0.6) is 11.5 Å². The number of methoxy groups -OCH3 is 1. The molecule has 0 saturated carbocycles. The molecule has 1 aromatic heterocycles. The molecule has 5 aromatic rings. The fourth-order valence-corrected chi connectivity index (χ4v) is 8.48. The zero-order valence-corrected chi connectivity index (χ0v) is 37.3. The third-order valence-electron chi connectivity index (χ3n) is 10.2. The van der Waals surface area contributed by atoms with E-state index in [2.05, 4.69) is 10.6 Å². The van der Waals surface area contributed by atoms with Crippen LogP contribution in [-0.2, 0) is 41.3 Å². The summed E-state index contributed by atoms with van der Waals surface area (Å²) >= 11 is 0. The molecule has 63 heavy (non-hydrogen) atoms. The first kappa shape index (κ1) is 47.8. The Morgan fingerprint density at radius 3 is 2.08 bits per heavy atom. The summed E-state index contributed by atoms with van der Waals surface area (Å²) in [4.78, 5) is 58.2. The van der Waals surface area contributed by atoms with Crippen LogP contribution in [0, 0.1) is 12.8 Å². The smallest absolute Gasteiger partial charge is 0.363 e. The Labute approximate surface area is 368 Å². The summed E-state index contributed by atoms with van der Waals surface area (Å²) < 4.78 is 44.0. The quantitative estimate of drug-likeness (QED) is 0.0189. The lowest BCUT2D eigenvalue weighted by atomic mass is 9.90. The van der Waals surface area contributed by atoms with Crippen LogP contribution in [0.2, 0.25) is 0 Å². The van der Waals surface area contributed by atoms with Crippen molar-refractivity contribution in [3.63, 3.8) is 0 Å². The van der Waals surface area contributed by atoms with Gasteiger partial charge in [0.05, 0.1) is 56.4 Å². The molecule has 15 heteroatoms. The third-order valence-corrected chi connectivity index (χ3v) is 12.1. The molecule has 1 heterocycles. The summed E-state index contributed by atoms with van der Waals surface area (Å²) in [7, 11) is -2.47. The molecule has 5 rings (SSSR count). The van der Waals surface area contributed by atoms with Gasteiger partial charge in [-0.1, -0.05) is 93.8 Å². The van der Waals surface area contributed by atoms with Gasteiger partial charge in [-0.05, 0) is 91.9 Å². The predicted octanol–water partition coefficient (Wildman–Crippen LogP) is 8.92. The van der Waals surface area contributed by atoms with Gasteiger partial charge in [0.25, 0.3) is 5.91 Å². The van der Waals surface area contributed by atoms with E-state index in [1.165, 1.54) is 13.2 Å². The van der Waals surface area contributed by atoms with E-state index in [9.17, 15) is 23.7 Å². The number of benzene rings is 4. The number of carbonyl (C=O) groups is 4. The lowest BCUT2D eigenvalue weighted by Gasteiger charge is -2.32. The first-order valence-corrected chi connectivity index (χ1v) is 22.6. The number of amides is 3. The van der Waals surface area contributed by atoms with Gasteiger partial charge < -0.3 is 38.4 Å². The van der Waals surface area contributed by atoms with Crippen LogP contribution in [-0.4, -0.2) is 55.7 Å². The number of rotatable bonds is 25. The molecule has 1 unspecified atom stereocenters. The Kier molecular flexibility index (Phi) is 18.1. The minimum absolute atomic E-state index is 0.0222. The summed E-state index contributed by atoms with van der Waals surface area (Å²) in [5.41, 5.74) is 2.91. The number of carbonyl (C=O) groups excluding carboxylic acids is 4. The number of hydrogen-bond acceptors (Lipinski definition) is 11. The molecule has 2 atom stereocenters. The summed E-state index contributed by atoms with van der Waals surface area (Å²) in [6.07, 6.45) is 3.54. The summed E-state index contributed by atoms with van der Waals surface area (Å²) in [6, 6.07) is 30.8. The lowest BCUT2D eigenvalue weighted by molar-refractivity contribution is -0.171. The lowest BCUT2D eigenvalue weighted by Crippen LogP contribution is -2.49. The molecular weight excluding hydrogens is 826 g/mol. The van der Waals surface area contributed by atoms with Crippen LogP contribution in [0.15, 0.2) is 114 Å². The summed E-state index contributed by atoms with van der Waals surface area (Å²) in [5.74, 6) is -1.38. The zero-order chi connectivity index (χ0) is 45.2. The summed E-state index contributed by atoms with van der Waals surface area (Å²) in [5, 5.41) is 6.56. The van der Waals surface area contributed by atoms with E-state index in [1.54, 1.807) is 56.3 Å². The molecule has 14 nitrogen and oxygen atoms in total. The fraction of sp³-hybridized carbons (Fsp3) is 0.333. The van der Waals surface area contributed by atoms with Crippen LogP contribution >= 0.6 is 7.60 Å². The van der Waals surface area contributed by atoms with Gasteiger partial charge in [-0.25, -0.2) is 4.79 Å². The van der Waals surface area contributed by atoms with E-state index in [4.69, 9.17) is 27.8 Å². The van der Waals surface area contributed by atoms with Gasteiger partial charge in [0.1, 0.15) is 17.3 Å². The normalized spacial score (nSPS) is 12.1. The van der Waals surface area contributed by atoms with Crippen LogP contribution in [0.4, 0.5) is 0 Å². The van der Waals surface area contributed by atoms with Gasteiger partial charge in [0.2, 0.25) is 12.3 Å². The highest BCUT2D eigenvalue weighted by molar-refractivity contribution is 7.62.